The number of primary amides is 1. The molecule has 1 aromatic rings. The predicted molar refractivity (Wildman–Crippen MR) is 70.2 cm³/mol. The van der Waals surface area contributed by atoms with E-state index in [1.165, 1.54) is 6.08 Å². The molecule has 2 amide bonds. The first-order chi connectivity index (χ1) is 9.02. The van der Waals surface area contributed by atoms with Crippen LogP contribution in [0.3, 0.4) is 0 Å². The average Bonchev–Trinajstić information content (AvgIpc) is 2.42. The molecule has 1 rings (SSSR count). The molecule has 102 valence electrons. The lowest BCUT2D eigenvalue weighted by Crippen LogP contribution is -2.39. The van der Waals surface area contributed by atoms with E-state index in [1.54, 1.807) is 31.4 Å². The van der Waals surface area contributed by atoms with Gasteiger partial charge < -0.3 is 20.9 Å². The minimum Gasteiger partial charge on any atom is -0.497 e. The highest BCUT2D eigenvalue weighted by molar-refractivity contribution is 5.92. The molecule has 4 N–H and O–H groups in total. The van der Waals surface area contributed by atoms with Gasteiger partial charge in [0.25, 0.3) is 0 Å². The van der Waals surface area contributed by atoms with Gasteiger partial charge in [-0.25, -0.2) is 0 Å². The third kappa shape index (κ3) is 5.22. The van der Waals surface area contributed by atoms with Crippen LogP contribution in [-0.4, -0.2) is 36.7 Å². The van der Waals surface area contributed by atoms with Gasteiger partial charge in [0.2, 0.25) is 11.8 Å². The molecule has 0 saturated carbocycles. The summed E-state index contributed by atoms with van der Waals surface area (Å²) in [5.74, 6) is -0.619. The summed E-state index contributed by atoms with van der Waals surface area (Å²) in [6.45, 7) is -0.212. The molecule has 6 heteroatoms. The van der Waals surface area contributed by atoms with Gasteiger partial charge in [-0.2, -0.15) is 0 Å². The molecule has 19 heavy (non-hydrogen) atoms. The van der Waals surface area contributed by atoms with Crippen molar-refractivity contribution >= 4 is 17.9 Å². The zero-order chi connectivity index (χ0) is 14.3. The van der Waals surface area contributed by atoms with Crippen molar-refractivity contribution in [1.82, 2.24) is 5.32 Å². The smallest absolute Gasteiger partial charge is 0.248 e. The fourth-order valence-corrected chi connectivity index (χ4v) is 1.27. The van der Waals surface area contributed by atoms with Gasteiger partial charge in [0.05, 0.1) is 13.7 Å². The Morgan fingerprint density at radius 2 is 2.26 bits per heavy atom. The molecule has 1 aromatic carbocycles. The van der Waals surface area contributed by atoms with Crippen LogP contribution in [0.15, 0.2) is 30.3 Å². The number of methoxy groups -OCH3 is 1. The molecule has 0 radical (unpaired) electrons. The number of aliphatic hydroxyl groups is 1. The third-order valence-corrected chi connectivity index (χ3v) is 2.32. The van der Waals surface area contributed by atoms with E-state index < -0.39 is 17.9 Å². The van der Waals surface area contributed by atoms with Crippen LogP contribution < -0.4 is 15.8 Å². The summed E-state index contributed by atoms with van der Waals surface area (Å²) in [5, 5.41) is 11.5. The lowest BCUT2D eigenvalue weighted by Gasteiger charge is -2.06. The lowest BCUT2D eigenvalue weighted by atomic mass is 10.2. The second-order valence-corrected chi connectivity index (χ2v) is 3.77. The molecule has 0 fully saturated rings. The van der Waals surface area contributed by atoms with Crippen LogP contribution in [0.2, 0.25) is 0 Å². The third-order valence-electron chi connectivity index (χ3n) is 2.32. The number of carbonyl (C=O) groups is 2. The molecular formula is C13H16N2O4. The summed E-state index contributed by atoms with van der Waals surface area (Å²) in [5.41, 5.74) is 5.64. The number of benzene rings is 1. The van der Waals surface area contributed by atoms with Crippen LogP contribution in [0.4, 0.5) is 0 Å². The van der Waals surface area contributed by atoms with Crippen LogP contribution in [0, 0.1) is 0 Å². The summed E-state index contributed by atoms with van der Waals surface area (Å²) < 4.78 is 5.05. The van der Waals surface area contributed by atoms with E-state index in [2.05, 4.69) is 5.32 Å². The maximum Gasteiger partial charge on any atom is 0.248 e. The molecule has 0 aromatic heterocycles. The number of rotatable bonds is 6. The van der Waals surface area contributed by atoms with Gasteiger partial charge in [-0.05, 0) is 23.8 Å². The van der Waals surface area contributed by atoms with Crippen LogP contribution in [0.5, 0.6) is 5.75 Å². The molecule has 0 bridgehead atoms. The Morgan fingerprint density at radius 3 is 2.89 bits per heavy atom. The minimum absolute atomic E-state index is 0.212. The SMILES string of the molecule is COc1cccc(/C=C/C(=O)NCC(O)C(N)=O)c1. The van der Waals surface area contributed by atoms with Crippen molar-refractivity contribution in [2.75, 3.05) is 13.7 Å². The second-order valence-electron chi connectivity index (χ2n) is 3.77. The van der Waals surface area contributed by atoms with Gasteiger partial charge in [0.15, 0.2) is 0 Å². The lowest BCUT2D eigenvalue weighted by molar-refractivity contribution is -0.126. The quantitative estimate of drug-likeness (QED) is 0.612. The zero-order valence-electron chi connectivity index (χ0n) is 10.5. The van der Waals surface area contributed by atoms with E-state index >= 15 is 0 Å². The van der Waals surface area contributed by atoms with E-state index in [0.29, 0.717) is 5.75 Å². The predicted octanol–water partition coefficient (Wildman–Crippen LogP) is -0.329. The zero-order valence-corrected chi connectivity index (χ0v) is 10.5. The largest absolute Gasteiger partial charge is 0.497 e. The normalized spacial score (nSPS) is 12.1. The topological polar surface area (TPSA) is 102 Å². The minimum atomic E-state index is -1.38. The number of nitrogens with one attached hydrogen (secondary N) is 1. The van der Waals surface area contributed by atoms with Crippen molar-refractivity contribution in [1.29, 1.82) is 0 Å². The molecule has 0 heterocycles. The summed E-state index contributed by atoms with van der Waals surface area (Å²) in [7, 11) is 1.56. The molecule has 0 aliphatic heterocycles. The molecular weight excluding hydrogens is 248 g/mol. The average molecular weight is 264 g/mol. The number of ether oxygens (including phenoxy) is 1. The summed E-state index contributed by atoms with van der Waals surface area (Å²) in [6, 6.07) is 7.17. The number of carbonyl (C=O) groups excluding carboxylic acids is 2. The van der Waals surface area contributed by atoms with Crippen molar-refractivity contribution in [3.63, 3.8) is 0 Å². The molecule has 1 atom stereocenters. The maximum absolute atomic E-state index is 11.4. The number of amides is 2. The van der Waals surface area contributed by atoms with E-state index in [4.69, 9.17) is 15.6 Å². The van der Waals surface area contributed by atoms with Crippen molar-refractivity contribution in [3.05, 3.63) is 35.9 Å². The van der Waals surface area contributed by atoms with Gasteiger partial charge in [-0.1, -0.05) is 12.1 Å². The molecule has 0 aliphatic carbocycles. The Balaban J connectivity index is 2.51. The summed E-state index contributed by atoms with van der Waals surface area (Å²) in [6.07, 6.45) is 1.51. The van der Waals surface area contributed by atoms with Crippen molar-refractivity contribution in [3.8, 4) is 5.75 Å². The number of nitrogens with two attached hydrogens (primary N) is 1. The van der Waals surface area contributed by atoms with E-state index in [0.717, 1.165) is 5.56 Å². The van der Waals surface area contributed by atoms with Gasteiger partial charge in [-0.15, -0.1) is 0 Å². The number of hydrogen-bond donors (Lipinski definition) is 3. The van der Waals surface area contributed by atoms with Gasteiger partial charge in [-0.3, -0.25) is 9.59 Å². The maximum atomic E-state index is 11.4. The van der Waals surface area contributed by atoms with E-state index in [1.807, 2.05) is 6.07 Å². The Kier molecular flexibility index (Phi) is 5.56. The van der Waals surface area contributed by atoms with Crippen molar-refractivity contribution < 1.29 is 19.4 Å². The Morgan fingerprint density at radius 1 is 1.53 bits per heavy atom. The monoisotopic (exact) mass is 264 g/mol. The van der Waals surface area contributed by atoms with Crippen LogP contribution in [0.25, 0.3) is 6.08 Å². The molecule has 0 aliphatic rings. The Bertz CT molecular complexity index is 485. The highest BCUT2D eigenvalue weighted by Gasteiger charge is 2.10. The first-order valence-corrected chi connectivity index (χ1v) is 5.60. The summed E-state index contributed by atoms with van der Waals surface area (Å²) in [4.78, 5) is 22.0. The van der Waals surface area contributed by atoms with Crippen molar-refractivity contribution in [2.45, 2.75) is 6.10 Å². The highest BCUT2D eigenvalue weighted by atomic mass is 16.5. The van der Waals surface area contributed by atoms with E-state index in [-0.39, 0.29) is 6.54 Å². The Hall–Kier alpha value is -2.34. The van der Waals surface area contributed by atoms with Crippen molar-refractivity contribution in [2.24, 2.45) is 5.73 Å². The van der Waals surface area contributed by atoms with Gasteiger partial charge in [0, 0.05) is 6.08 Å². The number of aliphatic hydroxyl groups excluding tert-OH is 1. The van der Waals surface area contributed by atoms with Gasteiger partial charge >= 0.3 is 0 Å². The van der Waals surface area contributed by atoms with E-state index in [9.17, 15) is 9.59 Å². The van der Waals surface area contributed by atoms with Gasteiger partial charge in [0.1, 0.15) is 11.9 Å². The molecule has 6 nitrogen and oxygen atoms in total. The first kappa shape index (κ1) is 14.7. The molecule has 0 saturated heterocycles. The Labute approximate surface area is 110 Å². The fourth-order valence-electron chi connectivity index (χ4n) is 1.27. The fraction of sp³-hybridized carbons (Fsp3) is 0.231. The number of hydrogen-bond acceptors (Lipinski definition) is 4. The molecule has 0 spiro atoms. The molecule has 1 unspecified atom stereocenters. The standard InChI is InChI=1S/C13H16N2O4/c1-19-10-4-2-3-9(7-10)5-6-12(17)15-8-11(16)13(14)18/h2-7,11,16H,8H2,1H3,(H2,14,18)(H,15,17)/b6-5+. The second kappa shape index (κ2) is 7.17. The van der Waals surface area contributed by atoms with Crippen LogP contribution >= 0.6 is 0 Å². The summed E-state index contributed by atoms with van der Waals surface area (Å²) >= 11 is 0. The first-order valence-electron chi connectivity index (χ1n) is 5.60. The highest BCUT2D eigenvalue weighted by Crippen LogP contribution is 2.13. The van der Waals surface area contributed by atoms with Crippen LogP contribution in [-0.2, 0) is 9.59 Å². The van der Waals surface area contributed by atoms with Crippen LogP contribution in [0.1, 0.15) is 5.56 Å².